The first-order chi connectivity index (χ1) is 15.2. The minimum atomic E-state index is -2.94. The summed E-state index contributed by atoms with van der Waals surface area (Å²) in [4.78, 5) is 70.0. The molecule has 0 radical (unpaired) electrons. The van der Waals surface area contributed by atoms with E-state index in [1.54, 1.807) is 0 Å². The summed E-state index contributed by atoms with van der Waals surface area (Å²) in [6.45, 7) is 4.51. The molecule has 1 rings (SSSR count). The van der Waals surface area contributed by atoms with Gasteiger partial charge >= 0.3 is 29.8 Å². The van der Waals surface area contributed by atoms with Crippen LogP contribution in [0.5, 0.6) is 0 Å². The molecule has 3 N–H and O–H groups in total. The quantitative estimate of drug-likeness (QED) is 0.254. The smallest absolute Gasteiger partial charge is 0.364 e. The topological polar surface area (TPSA) is 201 Å². The van der Waals surface area contributed by atoms with Gasteiger partial charge in [-0.05, 0) is 0 Å². The molecule has 1 amide bonds. The molecule has 186 valence electrons. The maximum Gasteiger partial charge on any atom is 0.364 e. The molecule has 33 heavy (non-hydrogen) atoms. The molecule has 0 aliphatic carbocycles. The van der Waals surface area contributed by atoms with E-state index in [1.165, 1.54) is 0 Å². The molecule has 1 heterocycles. The fraction of sp³-hybridized carbons (Fsp3) is 0.684. The monoisotopic (exact) mass is 477 g/mol. The van der Waals surface area contributed by atoms with Crippen LogP contribution in [0.15, 0.2) is 0 Å². The lowest BCUT2D eigenvalue weighted by Gasteiger charge is -2.46. The number of hydrogen-bond acceptors (Lipinski definition) is 12. The molecule has 0 saturated carbocycles. The average molecular weight is 477 g/mol. The number of esters is 4. The number of carbonyl (C=O) groups is 6. The molecular weight excluding hydrogens is 450 g/mol. The molecular formula is C19H27NO13. The number of nitrogens with one attached hydrogen (secondary N) is 1. The van der Waals surface area contributed by atoms with Crippen LogP contribution in [0.4, 0.5) is 0 Å². The first kappa shape index (κ1) is 27.8. The molecule has 0 spiro atoms. The van der Waals surface area contributed by atoms with Gasteiger partial charge in [0, 0.05) is 34.6 Å². The lowest BCUT2D eigenvalue weighted by atomic mass is 9.88. The Hall–Kier alpha value is -3.26. The lowest BCUT2D eigenvalue weighted by molar-refractivity contribution is -0.298. The molecule has 1 fully saturated rings. The highest BCUT2D eigenvalue weighted by atomic mass is 16.7. The molecule has 1 aliphatic heterocycles. The van der Waals surface area contributed by atoms with Crippen LogP contribution in [0.2, 0.25) is 0 Å². The first-order valence-corrected chi connectivity index (χ1v) is 9.72. The van der Waals surface area contributed by atoms with Crippen molar-refractivity contribution in [1.82, 2.24) is 5.32 Å². The van der Waals surface area contributed by atoms with Crippen LogP contribution in [0.3, 0.4) is 0 Å². The maximum atomic E-state index is 11.8. The van der Waals surface area contributed by atoms with Gasteiger partial charge in [-0.25, -0.2) is 4.79 Å². The predicted octanol–water partition coefficient (Wildman–Crippen LogP) is -1.59. The minimum Gasteiger partial charge on any atom is -0.477 e. The van der Waals surface area contributed by atoms with Gasteiger partial charge in [0.25, 0.3) is 5.79 Å². The van der Waals surface area contributed by atoms with E-state index in [-0.39, 0.29) is 0 Å². The van der Waals surface area contributed by atoms with Crippen molar-refractivity contribution in [3.63, 3.8) is 0 Å². The third-order valence-corrected chi connectivity index (χ3v) is 4.35. The molecule has 0 aromatic carbocycles. The number of carboxylic acid groups (broad SMARTS) is 1. The van der Waals surface area contributed by atoms with E-state index in [4.69, 9.17) is 23.7 Å². The maximum absolute atomic E-state index is 11.8. The molecule has 0 aromatic heterocycles. The molecule has 0 aromatic rings. The average Bonchev–Trinajstić information content (AvgIpc) is 2.64. The van der Waals surface area contributed by atoms with Gasteiger partial charge in [-0.1, -0.05) is 0 Å². The molecule has 1 aliphatic rings. The van der Waals surface area contributed by atoms with E-state index in [0.29, 0.717) is 0 Å². The number of carboxylic acids is 1. The van der Waals surface area contributed by atoms with Crippen molar-refractivity contribution in [2.24, 2.45) is 0 Å². The zero-order chi connectivity index (χ0) is 25.5. The highest BCUT2D eigenvalue weighted by Gasteiger charge is 2.57. The second-order valence-electron chi connectivity index (χ2n) is 7.27. The third kappa shape index (κ3) is 8.31. The van der Waals surface area contributed by atoms with E-state index in [0.717, 1.165) is 34.6 Å². The zero-order valence-electron chi connectivity index (χ0n) is 18.7. The standard InChI is InChI=1S/C19H27NO13/c1-8(21)20-15-13(30-10(3)23)6-19(28,18(26)27)33-17(15)16(32-12(5)25)14(31-11(4)24)7-29-9(2)22/h13-17,28H,6-7H2,1-5H3,(H,20,21)(H,26,27)/t13-,14?,15-,16?,17?,19-/m1/s1. The number of rotatable bonds is 9. The molecule has 14 heteroatoms. The number of aliphatic hydroxyl groups is 1. The van der Waals surface area contributed by atoms with Gasteiger partial charge < -0.3 is 39.2 Å². The Morgan fingerprint density at radius 2 is 1.55 bits per heavy atom. The summed E-state index contributed by atoms with van der Waals surface area (Å²) in [7, 11) is 0. The van der Waals surface area contributed by atoms with Crippen LogP contribution >= 0.6 is 0 Å². The Morgan fingerprint density at radius 3 is 1.97 bits per heavy atom. The molecule has 0 bridgehead atoms. The second kappa shape index (κ2) is 11.6. The largest absolute Gasteiger partial charge is 0.477 e. The van der Waals surface area contributed by atoms with Crippen molar-refractivity contribution in [2.75, 3.05) is 6.61 Å². The molecule has 14 nitrogen and oxygen atoms in total. The summed E-state index contributed by atoms with van der Waals surface area (Å²) in [5.41, 5.74) is 0. The lowest BCUT2D eigenvalue weighted by Crippen LogP contribution is -2.68. The van der Waals surface area contributed by atoms with Crippen molar-refractivity contribution in [3.8, 4) is 0 Å². The van der Waals surface area contributed by atoms with Crippen LogP contribution in [-0.4, -0.2) is 88.8 Å². The first-order valence-electron chi connectivity index (χ1n) is 9.72. The van der Waals surface area contributed by atoms with Crippen LogP contribution < -0.4 is 5.32 Å². The summed E-state index contributed by atoms with van der Waals surface area (Å²) >= 11 is 0. The van der Waals surface area contributed by atoms with Gasteiger partial charge in [0.1, 0.15) is 18.8 Å². The molecule has 1 saturated heterocycles. The number of carbonyl (C=O) groups excluding carboxylic acids is 5. The van der Waals surface area contributed by atoms with Crippen LogP contribution in [0, 0.1) is 0 Å². The predicted molar refractivity (Wildman–Crippen MR) is 103 cm³/mol. The van der Waals surface area contributed by atoms with Gasteiger partial charge in [-0.2, -0.15) is 0 Å². The molecule has 3 unspecified atom stereocenters. The van der Waals surface area contributed by atoms with E-state index in [9.17, 15) is 39.0 Å². The van der Waals surface area contributed by atoms with Gasteiger partial charge in [0.2, 0.25) is 5.91 Å². The van der Waals surface area contributed by atoms with Crippen LogP contribution in [0.25, 0.3) is 0 Å². The Kier molecular flexibility index (Phi) is 9.73. The zero-order valence-corrected chi connectivity index (χ0v) is 18.7. The van der Waals surface area contributed by atoms with Crippen molar-refractivity contribution in [1.29, 1.82) is 0 Å². The van der Waals surface area contributed by atoms with Gasteiger partial charge in [0.15, 0.2) is 12.2 Å². The van der Waals surface area contributed by atoms with Crippen molar-refractivity contribution >= 4 is 35.8 Å². The Bertz CT molecular complexity index is 797. The SMILES string of the molecule is CC(=O)N[C@H]1C(C(OC(C)=O)C(COC(C)=O)OC(C)=O)O[C@@](O)(C(=O)O)C[C@H]1OC(C)=O. The van der Waals surface area contributed by atoms with E-state index >= 15 is 0 Å². The highest BCUT2D eigenvalue weighted by molar-refractivity contribution is 5.76. The number of aliphatic carboxylic acids is 1. The fourth-order valence-electron chi connectivity index (χ4n) is 3.26. The van der Waals surface area contributed by atoms with E-state index in [2.05, 4.69) is 5.32 Å². The highest BCUT2D eigenvalue weighted by Crippen LogP contribution is 2.34. The summed E-state index contributed by atoms with van der Waals surface area (Å²) in [5.74, 6) is -8.96. The van der Waals surface area contributed by atoms with Crippen LogP contribution in [-0.2, 0) is 52.5 Å². The van der Waals surface area contributed by atoms with E-state index in [1.807, 2.05) is 0 Å². The number of ether oxygens (including phenoxy) is 5. The second-order valence-corrected chi connectivity index (χ2v) is 7.27. The number of amides is 1. The Labute approximate surface area is 188 Å². The summed E-state index contributed by atoms with van der Waals surface area (Å²) in [6, 6.07) is -1.37. The minimum absolute atomic E-state index is 0.650. The summed E-state index contributed by atoms with van der Waals surface area (Å²) in [5, 5.41) is 22.5. The van der Waals surface area contributed by atoms with Crippen molar-refractivity contribution in [3.05, 3.63) is 0 Å². The normalized spacial score (nSPS) is 26.2. The van der Waals surface area contributed by atoms with Gasteiger partial charge in [-0.3, -0.25) is 24.0 Å². The Balaban J connectivity index is 3.60. The van der Waals surface area contributed by atoms with Crippen molar-refractivity contribution in [2.45, 2.75) is 77.3 Å². The number of hydrogen-bond donors (Lipinski definition) is 3. The molecule has 6 atom stereocenters. The van der Waals surface area contributed by atoms with Crippen molar-refractivity contribution < 1.29 is 62.7 Å². The van der Waals surface area contributed by atoms with Gasteiger partial charge in [-0.15, -0.1) is 0 Å². The van der Waals surface area contributed by atoms with Crippen LogP contribution in [0.1, 0.15) is 41.0 Å². The fourth-order valence-corrected chi connectivity index (χ4v) is 3.26. The summed E-state index contributed by atoms with van der Waals surface area (Å²) in [6.07, 6.45) is -7.26. The third-order valence-electron chi connectivity index (χ3n) is 4.35. The Morgan fingerprint density at radius 1 is 0.970 bits per heavy atom. The van der Waals surface area contributed by atoms with E-state index < -0.39 is 85.0 Å². The van der Waals surface area contributed by atoms with Gasteiger partial charge in [0.05, 0.1) is 12.5 Å². The summed E-state index contributed by atoms with van der Waals surface area (Å²) < 4.78 is 25.6.